The molecular weight excluding hydrogens is 215 g/mol. The predicted molar refractivity (Wildman–Crippen MR) is 65.4 cm³/mol. The lowest BCUT2D eigenvalue weighted by atomic mass is 9.99. The Balaban J connectivity index is 1.89. The quantitative estimate of drug-likeness (QED) is 0.737. The van der Waals surface area contributed by atoms with E-state index in [1.54, 1.807) is 6.07 Å². The summed E-state index contributed by atoms with van der Waals surface area (Å²) in [7, 11) is 0. The molecule has 4 rings (SSSR count). The molecule has 2 aliphatic rings. The van der Waals surface area contributed by atoms with Gasteiger partial charge in [0, 0.05) is 35.6 Å². The number of H-pyrrole nitrogens is 1. The molecule has 2 aromatic rings. The molecule has 0 amide bonds. The average Bonchev–Trinajstić information content (AvgIpc) is 2.89. The van der Waals surface area contributed by atoms with Crippen molar-refractivity contribution in [2.45, 2.75) is 31.8 Å². The van der Waals surface area contributed by atoms with Gasteiger partial charge in [-0.3, -0.25) is 4.90 Å². The molecule has 0 bridgehead atoms. The lowest BCUT2D eigenvalue weighted by molar-refractivity contribution is 0.227. The largest absolute Gasteiger partial charge is 0.358 e. The van der Waals surface area contributed by atoms with E-state index in [9.17, 15) is 4.39 Å². The maximum absolute atomic E-state index is 13.3. The summed E-state index contributed by atoms with van der Waals surface area (Å²) in [5, 5.41) is 1.07. The number of aromatic amines is 1. The highest BCUT2D eigenvalue weighted by Crippen LogP contribution is 2.34. The fourth-order valence-electron chi connectivity index (χ4n) is 3.40. The van der Waals surface area contributed by atoms with E-state index in [4.69, 9.17) is 0 Å². The molecule has 1 saturated heterocycles. The van der Waals surface area contributed by atoms with E-state index in [0.717, 1.165) is 23.9 Å². The summed E-state index contributed by atoms with van der Waals surface area (Å²) in [5.74, 6) is -0.136. The van der Waals surface area contributed by atoms with Crippen molar-refractivity contribution in [2.75, 3.05) is 6.54 Å². The maximum atomic E-state index is 13.3. The van der Waals surface area contributed by atoms with Gasteiger partial charge in [-0.15, -0.1) is 0 Å². The molecule has 3 heteroatoms. The third-order valence-electron chi connectivity index (χ3n) is 4.26. The highest BCUT2D eigenvalue weighted by molar-refractivity contribution is 5.85. The first kappa shape index (κ1) is 9.66. The van der Waals surface area contributed by atoms with Crippen LogP contribution < -0.4 is 0 Å². The molecule has 2 nitrogen and oxygen atoms in total. The summed E-state index contributed by atoms with van der Waals surface area (Å²) in [6, 6.07) is 5.76. The molecule has 0 spiro atoms. The second kappa shape index (κ2) is 3.33. The number of nitrogens with zero attached hydrogens (tertiary/aromatic N) is 1. The van der Waals surface area contributed by atoms with E-state index in [-0.39, 0.29) is 5.82 Å². The summed E-state index contributed by atoms with van der Waals surface area (Å²) in [4.78, 5) is 6.00. The first-order valence-electron chi connectivity index (χ1n) is 6.34. The fourth-order valence-corrected chi connectivity index (χ4v) is 3.40. The predicted octanol–water partition coefficient (Wildman–Crippen LogP) is 2.83. The average molecular weight is 230 g/mol. The third-order valence-corrected chi connectivity index (χ3v) is 4.26. The van der Waals surface area contributed by atoms with Gasteiger partial charge in [0.05, 0.1) is 0 Å². The molecular formula is C14H15FN2. The van der Waals surface area contributed by atoms with Gasteiger partial charge in [0.25, 0.3) is 0 Å². The van der Waals surface area contributed by atoms with Gasteiger partial charge in [-0.25, -0.2) is 4.39 Å². The standard InChI is InChI=1S/C14H15FN2/c15-9-3-4-13-11(6-9)12-8-17-5-1-2-10(17)7-14(12)16-13/h3-4,6,10,16H,1-2,5,7-8H2. The van der Waals surface area contributed by atoms with Crippen molar-refractivity contribution >= 4 is 10.9 Å². The van der Waals surface area contributed by atoms with Gasteiger partial charge in [-0.2, -0.15) is 0 Å². The second-order valence-corrected chi connectivity index (χ2v) is 5.24. The zero-order chi connectivity index (χ0) is 11.4. The Morgan fingerprint density at radius 1 is 1.35 bits per heavy atom. The van der Waals surface area contributed by atoms with Crippen molar-refractivity contribution in [1.82, 2.24) is 9.88 Å². The van der Waals surface area contributed by atoms with Crippen LogP contribution in [0.4, 0.5) is 4.39 Å². The van der Waals surface area contributed by atoms with Crippen molar-refractivity contribution in [1.29, 1.82) is 0 Å². The topological polar surface area (TPSA) is 19.0 Å². The molecule has 1 unspecified atom stereocenters. The molecule has 0 radical (unpaired) electrons. The molecule has 3 heterocycles. The number of aromatic nitrogens is 1. The molecule has 17 heavy (non-hydrogen) atoms. The van der Waals surface area contributed by atoms with E-state index in [0.29, 0.717) is 6.04 Å². The first-order chi connectivity index (χ1) is 8.31. The highest BCUT2D eigenvalue weighted by atomic mass is 19.1. The van der Waals surface area contributed by atoms with Crippen LogP contribution in [-0.2, 0) is 13.0 Å². The third kappa shape index (κ3) is 1.35. The van der Waals surface area contributed by atoms with Gasteiger partial charge in [0.2, 0.25) is 0 Å². The zero-order valence-electron chi connectivity index (χ0n) is 9.67. The van der Waals surface area contributed by atoms with Crippen LogP contribution in [0.15, 0.2) is 18.2 Å². The number of hydrogen-bond donors (Lipinski definition) is 1. The van der Waals surface area contributed by atoms with Crippen molar-refractivity contribution < 1.29 is 4.39 Å². The van der Waals surface area contributed by atoms with Crippen LogP contribution in [-0.4, -0.2) is 22.5 Å². The number of fused-ring (bicyclic) bond motifs is 4. The van der Waals surface area contributed by atoms with E-state index in [1.807, 2.05) is 6.07 Å². The van der Waals surface area contributed by atoms with Crippen LogP contribution >= 0.6 is 0 Å². The Bertz CT molecular complexity index is 587. The number of benzene rings is 1. The summed E-state index contributed by atoms with van der Waals surface area (Å²) in [5.41, 5.74) is 3.73. The van der Waals surface area contributed by atoms with Gasteiger partial charge in [0.1, 0.15) is 5.82 Å². The molecule has 88 valence electrons. The lowest BCUT2D eigenvalue weighted by Gasteiger charge is -2.29. The van der Waals surface area contributed by atoms with Crippen molar-refractivity contribution in [2.24, 2.45) is 0 Å². The molecule has 0 aliphatic carbocycles. The van der Waals surface area contributed by atoms with Crippen LogP contribution in [0.2, 0.25) is 0 Å². The summed E-state index contributed by atoms with van der Waals surface area (Å²) < 4.78 is 13.3. The number of halogens is 1. The highest BCUT2D eigenvalue weighted by Gasteiger charge is 2.31. The van der Waals surface area contributed by atoms with E-state index >= 15 is 0 Å². The summed E-state index contributed by atoms with van der Waals surface area (Å²) >= 11 is 0. The zero-order valence-corrected chi connectivity index (χ0v) is 9.67. The second-order valence-electron chi connectivity index (χ2n) is 5.24. The van der Waals surface area contributed by atoms with Gasteiger partial charge >= 0.3 is 0 Å². The van der Waals surface area contributed by atoms with Crippen molar-refractivity contribution in [3.05, 3.63) is 35.3 Å². The van der Waals surface area contributed by atoms with Gasteiger partial charge < -0.3 is 4.98 Å². The molecule has 1 N–H and O–H groups in total. The molecule has 1 atom stereocenters. The molecule has 1 fully saturated rings. The van der Waals surface area contributed by atoms with Crippen molar-refractivity contribution in [3.8, 4) is 0 Å². The lowest BCUT2D eigenvalue weighted by Crippen LogP contribution is -2.34. The van der Waals surface area contributed by atoms with Gasteiger partial charge in [-0.05, 0) is 43.1 Å². The Hall–Kier alpha value is -1.35. The summed E-state index contributed by atoms with van der Waals surface area (Å²) in [6.45, 7) is 2.19. The minimum Gasteiger partial charge on any atom is -0.358 e. The van der Waals surface area contributed by atoms with E-state index in [1.165, 1.54) is 36.7 Å². The summed E-state index contributed by atoms with van der Waals surface area (Å²) in [6.07, 6.45) is 3.72. The van der Waals surface area contributed by atoms with E-state index in [2.05, 4.69) is 9.88 Å². The Kier molecular flexibility index (Phi) is 1.89. The number of hydrogen-bond acceptors (Lipinski definition) is 1. The van der Waals surface area contributed by atoms with Crippen molar-refractivity contribution in [3.63, 3.8) is 0 Å². The Morgan fingerprint density at radius 2 is 2.29 bits per heavy atom. The van der Waals surface area contributed by atoms with Gasteiger partial charge in [0.15, 0.2) is 0 Å². The molecule has 1 aromatic heterocycles. The van der Waals surface area contributed by atoms with Crippen LogP contribution in [0.5, 0.6) is 0 Å². The molecule has 1 aromatic carbocycles. The number of rotatable bonds is 0. The Morgan fingerprint density at radius 3 is 3.24 bits per heavy atom. The number of nitrogens with one attached hydrogen (secondary N) is 1. The first-order valence-corrected chi connectivity index (χ1v) is 6.34. The minimum absolute atomic E-state index is 0.136. The minimum atomic E-state index is -0.136. The van der Waals surface area contributed by atoms with Crippen LogP contribution in [0.25, 0.3) is 10.9 Å². The van der Waals surface area contributed by atoms with Crippen LogP contribution in [0, 0.1) is 5.82 Å². The Labute approximate surface area is 99.4 Å². The van der Waals surface area contributed by atoms with Crippen LogP contribution in [0.1, 0.15) is 24.1 Å². The normalized spacial score (nSPS) is 23.9. The fraction of sp³-hybridized carbons (Fsp3) is 0.429. The van der Waals surface area contributed by atoms with Crippen LogP contribution in [0.3, 0.4) is 0 Å². The SMILES string of the molecule is Fc1ccc2[nH]c3c(c2c1)CN1CCCC1C3. The monoisotopic (exact) mass is 230 g/mol. The smallest absolute Gasteiger partial charge is 0.123 e. The maximum Gasteiger partial charge on any atom is 0.123 e. The molecule has 2 aliphatic heterocycles. The molecule has 0 saturated carbocycles. The van der Waals surface area contributed by atoms with E-state index < -0.39 is 0 Å². The van der Waals surface area contributed by atoms with Gasteiger partial charge in [-0.1, -0.05) is 0 Å².